The zero-order valence-electron chi connectivity index (χ0n) is 18.2. The largest absolute Gasteiger partial charge is 0.443 e. The maximum absolute atomic E-state index is 12.6. The van der Waals surface area contributed by atoms with Crippen LogP contribution in [0.3, 0.4) is 0 Å². The first kappa shape index (κ1) is 20.6. The normalized spacial score (nSPS) is 15.5. The van der Waals surface area contributed by atoms with Crippen LogP contribution in [0, 0.1) is 0 Å². The molecule has 2 aromatic carbocycles. The highest BCUT2D eigenvalue weighted by molar-refractivity contribution is 5.97. The summed E-state index contributed by atoms with van der Waals surface area (Å²) in [6.07, 6.45) is 3.18. The Morgan fingerprint density at radius 3 is 2.61 bits per heavy atom. The molecule has 8 heteroatoms. The fraction of sp³-hybridized carbons (Fsp3) is 0.160. The fourth-order valence-corrected chi connectivity index (χ4v) is 4.01. The van der Waals surface area contributed by atoms with Gasteiger partial charge in [0.15, 0.2) is 23.9 Å². The molecule has 2 aromatic heterocycles. The molecule has 0 radical (unpaired) electrons. The Kier molecular flexibility index (Phi) is 5.40. The number of allylic oxidation sites excluding steroid dienone is 2. The summed E-state index contributed by atoms with van der Waals surface area (Å²) < 4.78 is 7.51. The molecule has 3 heterocycles. The predicted octanol–water partition coefficient (Wildman–Crippen LogP) is 4.06. The van der Waals surface area contributed by atoms with E-state index in [1.165, 1.54) is 0 Å². The standard InChI is InChI=1S/C25H21N5O3/c1-16(31)21-17(2)33-25-23(22(21)19-11-7-4-8-12-19)24-28-20(29-30(24)15-26-25)14-32-27-13-18-9-5-3-6-10-18/h3-13,15,22H,14H2,1-2H3/b27-13+. The maximum Gasteiger partial charge on any atom is 0.228 e. The molecule has 0 saturated carbocycles. The number of benzene rings is 2. The van der Waals surface area contributed by atoms with Gasteiger partial charge < -0.3 is 9.57 Å². The molecule has 1 atom stereocenters. The minimum absolute atomic E-state index is 0.0627. The number of ketones is 1. The number of Topliss-reactive ketones (excluding diaryl/α,β-unsaturated/α-hetero) is 1. The number of rotatable bonds is 6. The first-order valence-corrected chi connectivity index (χ1v) is 10.5. The van der Waals surface area contributed by atoms with Crippen molar-refractivity contribution in [2.75, 3.05) is 0 Å². The Morgan fingerprint density at radius 1 is 1.15 bits per heavy atom. The number of hydrogen-bond donors (Lipinski definition) is 0. The topological polar surface area (TPSA) is 91.0 Å². The van der Waals surface area contributed by atoms with E-state index >= 15 is 0 Å². The van der Waals surface area contributed by atoms with E-state index in [1.807, 2.05) is 60.7 Å². The summed E-state index contributed by atoms with van der Waals surface area (Å²) in [5.74, 6) is 0.975. The van der Waals surface area contributed by atoms with E-state index in [2.05, 4.69) is 20.2 Å². The number of carbonyl (C=O) groups is 1. The molecule has 1 unspecified atom stereocenters. The molecule has 0 aliphatic carbocycles. The lowest BCUT2D eigenvalue weighted by molar-refractivity contribution is -0.114. The van der Waals surface area contributed by atoms with Crippen LogP contribution < -0.4 is 4.74 Å². The number of hydrogen-bond acceptors (Lipinski definition) is 7. The van der Waals surface area contributed by atoms with Gasteiger partial charge in [-0.1, -0.05) is 65.8 Å². The molecule has 5 rings (SSSR count). The van der Waals surface area contributed by atoms with Crippen LogP contribution >= 0.6 is 0 Å². The van der Waals surface area contributed by atoms with Gasteiger partial charge in [-0.05, 0) is 25.0 Å². The zero-order chi connectivity index (χ0) is 22.8. The van der Waals surface area contributed by atoms with E-state index in [0.717, 1.165) is 11.1 Å². The third kappa shape index (κ3) is 3.98. The van der Waals surface area contributed by atoms with Gasteiger partial charge in [0.25, 0.3) is 0 Å². The van der Waals surface area contributed by atoms with Crippen molar-refractivity contribution in [3.63, 3.8) is 0 Å². The van der Waals surface area contributed by atoms with Gasteiger partial charge in [0.2, 0.25) is 5.88 Å². The fourth-order valence-electron chi connectivity index (χ4n) is 4.01. The second-order valence-electron chi connectivity index (χ2n) is 7.65. The SMILES string of the molecule is CC(=O)C1=C(C)Oc2ncn3nc(CO/N=C/c4ccccc4)nc3c2C1c1ccccc1. The van der Waals surface area contributed by atoms with E-state index in [-0.39, 0.29) is 18.3 Å². The molecule has 33 heavy (non-hydrogen) atoms. The van der Waals surface area contributed by atoms with E-state index in [9.17, 15) is 4.79 Å². The number of fused-ring (bicyclic) bond motifs is 3. The Hall–Kier alpha value is -4.33. The molecule has 164 valence electrons. The molecule has 0 saturated heterocycles. The summed E-state index contributed by atoms with van der Waals surface area (Å²) >= 11 is 0. The van der Waals surface area contributed by atoms with Gasteiger partial charge in [-0.2, -0.15) is 0 Å². The highest BCUT2D eigenvalue weighted by Crippen LogP contribution is 2.43. The number of ether oxygens (including phenoxy) is 1. The Balaban J connectivity index is 1.51. The Morgan fingerprint density at radius 2 is 1.88 bits per heavy atom. The van der Waals surface area contributed by atoms with E-state index in [1.54, 1.807) is 30.9 Å². The zero-order valence-corrected chi connectivity index (χ0v) is 18.2. The van der Waals surface area contributed by atoms with Crippen LogP contribution in [0.5, 0.6) is 5.88 Å². The molecule has 0 amide bonds. The van der Waals surface area contributed by atoms with Crippen LogP contribution in [0.25, 0.3) is 5.65 Å². The van der Waals surface area contributed by atoms with Gasteiger partial charge in [-0.15, -0.1) is 5.10 Å². The van der Waals surface area contributed by atoms with Crippen molar-refractivity contribution in [3.8, 4) is 5.88 Å². The third-order valence-corrected chi connectivity index (χ3v) is 5.42. The number of oxime groups is 1. The van der Waals surface area contributed by atoms with Gasteiger partial charge in [0.1, 0.15) is 12.1 Å². The summed E-state index contributed by atoms with van der Waals surface area (Å²) in [6, 6.07) is 19.5. The molecular weight excluding hydrogens is 418 g/mol. The number of carbonyl (C=O) groups excluding carboxylic acids is 1. The molecule has 0 bridgehead atoms. The Bertz CT molecular complexity index is 1380. The van der Waals surface area contributed by atoms with Crippen molar-refractivity contribution in [3.05, 3.63) is 101 Å². The molecular formula is C25H21N5O3. The van der Waals surface area contributed by atoms with Crippen molar-refractivity contribution in [2.24, 2.45) is 5.16 Å². The maximum atomic E-state index is 12.6. The predicted molar refractivity (Wildman–Crippen MR) is 122 cm³/mol. The van der Waals surface area contributed by atoms with Crippen molar-refractivity contribution < 1.29 is 14.4 Å². The summed E-state index contributed by atoms with van der Waals surface area (Å²) in [5.41, 5.74) is 3.73. The summed E-state index contributed by atoms with van der Waals surface area (Å²) in [7, 11) is 0. The van der Waals surface area contributed by atoms with Gasteiger partial charge >= 0.3 is 0 Å². The van der Waals surface area contributed by atoms with Crippen LogP contribution in [-0.2, 0) is 16.2 Å². The van der Waals surface area contributed by atoms with E-state index in [4.69, 9.17) is 9.57 Å². The smallest absolute Gasteiger partial charge is 0.228 e. The van der Waals surface area contributed by atoms with Crippen molar-refractivity contribution >= 4 is 17.6 Å². The van der Waals surface area contributed by atoms with Crippen LogP contribution in [0.1, 0.15) is 42.3 Å². The van der Waals surface area contributed by atoms with Gasteiger partial charge in [0.05, 0.1) is 11.8 Å². The van der Waals surface area contributed by atoms with E-state index < -0.39 is 0 Å². The lowest BCUT2D eigenvalue weighted by Crippen LogP contribution is -2.22. The molecule has 1 aliphatic heterocycles. The molecule has 0 N–H and O–H groups in total. The lowest BCUT2D eigenvalue weighted by atomic mass is 9.82. The summed E-state index contributed by atoms with van der Waals surface area (Å²) in [5, 5.41) is 8.47. The average Bonchev–Trinajstić information content (AvgIpc) is 3.25. The lowest BCUT2D eigenvalue weighted by Gasteiger charge is -2.28. The van der Waals surface area contributed by atoms with Crippen molar-refractivity contribution in [1.29, 1.82) is 0 Å². The van der Waals surface area contributed by atoms with Gasteiger partial charge in [-0.3, -0.25) is 4.79 Å². The Labute approximate surface area is 190 Å². The van der Waals surface area contributed by atoms with Crippen LogP contribution in [0.4, 0.5) is 0 Å². The quantitative estimate of drug-likeness (QED) is 0.332. The molecule has 0 spiro atoms. The molecule has 1 aliphatic rings. The third-order valence-electron chi connectivity index (χ3n) is 5.42. The second kappa shape index (κ2) is 8.66. The van der Waals surface area contributed by atoms with E-state index in [0.29, 0.717) is 34.2 Å². The molecule has 8 nitrogen and oxygen atoms in total. The van der Waals surface area contributed by atoms with Crippen LogP contribution in [0.2, 0.25) is 0 Å². The monoisotopic (exact) mass is 439 g/mol. The number of aromatic nitrogens is 4. The first-order chi connectivity index (χ1) is 16.1. The highest BCUT2D eigenvalue weighted by atomic mass is 16.6. The summed E-state index contributed by atoms with van der Waals surface area (Å²) in [6.45, 7) is 3.42. The highest BCUT2D eigenvalue weighted by Gasteiger charge is 2.35. The second-order valence-corrected chi connectivity index (χ2v) is 7.65. The average molecular weight is 439 g/mol. The molecule has 0 fully saturated rings. The summed E-state index contributed by atoms with van der Waals surface area (Å²) in [4.78, 5) is 27.1. The van der Waals surface area contributed by atoms with Gasteiger partial charge in [-0.25, -0.2) is 14.5 Å². The van der Waals surface area contributed by atoms with Crippen molar-refractivity contribution in [2.45, 2.75) is 26.4 Å². The number of nitrogens with zero attached hydrogens (tertiary/aromatic N) is 5. The minimum atomic E-state index is -0.363. The minimum Gasteiger partial charge on any atom is -0.443 e. The van der Waals surface area contributed by atoms with Crippen molar-refractivity contribution in [1.82, 2.24) is 19.6 Å². The van der Waals surface area contributed by atoms with Crippen LogP contribution in [-0.4, -0.2) is 31.6 Å². The van der Waals surface area contributed by atoms with Gasteiger partial charge in [0, 0.05) is 11.5 Å². The first-order valence-electron chi connectivity index (χ1n) is 10.5. The van der Waals surface area contributed by atoms with Crippen LogP contribution in [0.15, 0.2) is 83.5 Å². The molecule has 4 aromatic rings.